The van der Waals surface area contributed by atoms with Crippen molar-refractivity contribution in [3.63, 3.8) is 0 Å². The third-order valence-electron chi connectivity index (χ3n) is 2.80. The van der Waals surface area contributed by atoms with Gasteiger partial charge in [-0.05, 0) is 0 Å². The normalized spacial score (nSPS) is 29.3. The Bertz CT molecular complexity index is 212. The summed E-state index contributed by atoms with van der Waals surface area (Å²) in [4.78, 5) is 12.7. The Morgan fingerprint density at radius 2 is 1.93 bits per heavy atom. The number of nitrogens with two attached hydrogens (primary N) is 1. The molecule has 3 N–H and O–H groups in total. The van der Waals surface area contributed by atoms with Crippen molar-refractivity contribution in [3.05, 3.63) is 0 Å². The fourth-order valence-corrected chi connectivity index (χ4v) is 1.89. The standard InChI is InChI=1S/C9H18N2O4/c1-14-7-4-11(5-8(7)15-2)6(3-10)9(12)13/h6-8H,3-5,10H2,1-2H3,(H,12,13). The van der Waals surface area contributed by atoms with Gasteiger partial charge in [0, 0.05) is 33.9 Å². The van der Waals surface area contributed by atoms with Gasteiger partial charge in [0.2, 0.25) is 0 Å². The number of carboxylic acid groups (broad SMARTS) is 1. The molecule has 6 nitrogen and oxygen atoms in total. The summed E-state index contributed by atoms with van der Waals surface area (Å²) in [6, 6.07) is -0.650. The maximum atomic E-state index is 10.9. The predicted octanol–water partition coefficient (Wildman–Crippen LogP) is -1.26. The van der Waals surface area contributed by atoms with Crippen molar-refractivity contribution in [3.8, 4) is 0 Å². The molecule has 0 aliphatic carbocycles. The summed E-state index contributed by atoms with van der Waals surface area (Å²) in [6.45, 7) is 1.19. The number of hydrogen-bond donors (Lipinski definition) is 2. The van der Waals surface area contributed by atoms with E-state index in [2.05, 4.69) is 0 Å². The Balaban J connectivity index is 2.62. The van der Waals surface area contributed by atoms with E-state index in [0.717, 1.165) is 0 Å². The summed E-state index contributed by atoms with van der Waals surface area (Å²) < 4.78 is 10.4. The number of carbonyl (C=O) groups is 1. The third kappa shape index (κ3) is 2.66. The quantitative estimate of drug-likeness (QED) is 0.599. The number of rotatable bonds is 5. The van der Waals surface area contributed by atoms with Gasteiger partial charge in [0.05, 0.1) is 12.2 Å². The minimum Gasteiger partial charge on any atom is -0.480 e. The van der Waals surface area contributed by atoms with E-state index in [9.17, 15) is 4.79 Å². The minimum atomic E-state index is -0.899. The first-order valence-electron chi connectivity index (χ1n) is 4.86. The molecule has 3 unspecified atom stereocenters. The third-order valence-corrected chi connectivity index (χ3v) is 2.80. The molecule has 1 fully saturated rings. The highest BCUT2D eigenvalue weighted by Crippen LogP contribution is 2.17. The summed E-state index contributed by atoms with van der Waals surface area (Å²) in [5.41, 5.74) is 5.42. The highest BCUT2D eigenvalue weighted by Gasteiger charge is 2.38. The fourth-order valence-electron chi connectivity index (χ4n) is 1.89. The molecule has 1 aliphatic heterocycles. The molecule has 0 spiro atoms. The van der Waals surface area contributed by atoms with Gasteiger partial charge < -0.3 is 20.3 Å². The van der Waals surface area contributed by atoms with E-state index in [-0.39, 0.29) is 18.8 Å². The number of carboxylic acids is 1. The maximum absolute atomic E-state index is 10.9. The van der Waals surface area contributed by atoms with E-state index in [1.165, 1.54) is 0 Å². The second kappa shape index (κ2) is 5.41. The lowest BCUT2D eigenvalue weighted by Crippen LogP contribution is -2.45. The monoisotopic (exact) mass is 218 g/mol. The zero-order valence-electron chi connectivity index (χ0n) is 9.05. The molecular weight excluding hydrogens is 200 g/mol. The van der Waals surface area contributed by atoms with Crippen LogP contribution in [0.5, 0.6) is 0 Å². The molecule has 15 heavy (non-hydrogen) atoms. The molecular formula is C9H18N2O4. The molecule has 0 saturated carbocycles. The lowest BCUT2D eigenvalue weighted by atomic mass is 10.2. The topological polar surface area (TPSA) is 85.0 Å². The number of likely N-dealkylation sites (tertiary alicyclic amines) is 1. The summed E-state index contributed by atoms with van der Waals surface area (Å²) in [5.74, 6) is -0.899. The molecule has 1 heterocycles. The number of ether oxygens (including phenoxy) is 2. The van der Waals surface area contributed by atoms with Crippen molar-refractivity contribution in [1.29, 1.82) is 0 Å². The van der Waals surface area contributed by atoms with Crippen molar-refractivity contribution in [1.82, 2.24) is 4.90 Å². The van der Waals surface area contributed by atoms with E-state index in [1.807, 2.05) is 0 Å². The van der Waals surface area contributed by atoms with Crippen LogP contribution in [0, 0.1) is 0 Å². The van der Waals surface area contributed by atoms with Crippen molar-refractivity contribution in [2.75, 3.05) is 33.9 Å². The fraction of sp³-hybridized carbons (Fsp3) is 0.889. The number of methoxy groups -OCH3 is 2. The average molecular weight is 218 g/mol. The van der Waals surface area contributed by atoms with Gasteiger partial charge in [-0.1, -0.05) is 0 Å². The van der Waals surface area contributed by atoms with Crippen LogP contribution in [0.15, 0.2) is 0 Å². The molecule has 1 saturated heterocycles. The maximum Gasteiger partial charge on any atom is 0.322 e. The van der Waals surface area contributed by atoms with Gasteiger partial charge in [0.25, 0.3) is 0 Å². The van der Waals surface area contributed by atoms with Crippen LogP contribution in [0.3, 0.4) is 0 Å². The van der Waals surface area contributed by atoms with Crippen LogP contribution in [-0.4, -0.2) is 68.1 Å². The lowest BCUT2D eigenvalue weighted by molar-refractivity contribution is -0.142. The smallest absolute Gasteiger partial charge is 0.322 e. The lowest BCUT2D eigenvalue weighted by Gasteiger charge is -2.22. The van der Waals surface area contributed by atoms with Crippen LogP contribution >= 0.6 is 0 Å². The molecule has 0 aromatic heterocycles. The van der Waals surface area contributed by atoms with Crippen LogP contribution in [0.25, 0.3) is 0 Å². The molecule has 6 heteroatoms. The number of aliphatic carboxylic acids is 1. The molecule has 0 aromatic carbocycles. The van der Waals surface area contributed by atoms with Gasteiger partial charge in [-0.2, -0.15) is 0 Å². The highest BCUT2D eigenvalue weighted by molar-refractivity contribution is 5.73. The summed E-state index contributed by atoms with van der Waals surface area (Å²) in [7, 11) is 3.19. The molecule has 1 aliphatic rings. The molecule has 0 aromatic rings. The first-order chi connectivity index (χ1) is 7.13. The van der Waals surface area contributed by atoms with Gasteiger partial charge in [0.1, 0.15) is 6.04 Å². The SMILES string of the molecule is COC1CN(C(CN)C(=O)O)CC1OC. The Morgan fingerprint density at radius 3 is 2.20 bits per heavy atom. The Hall–Kier alpha value is -0.690. The van der Waals surface area contributed by atoms with Crippen molar-refractivity contribution in [2.45, 2.75) is 18.2 Å². The van der Waals surface area contributed by atoms with E-state index in [0.29, 0.717) is 13.1 Å². The van der Waals surface area contributed by atoms with Crippen LogP contribution in [-0.2, 0) is 14.3 Å². The molecule has 1 rings (SSSR count). The number of nitrogens with zero attached hydrogens (tertiary/aromatic N) is 1. The summed E-state index contributed by atoms with van der Waals surface area (Å²) in [5, 5.41) is 8.95. The van der Waals surface area contributed by atoms with E-state index < -0.39 is 12.0 Å². The van der Waals surface area contributed by atoms with Gasteiger partial charge in [0.15, 0.2) is 0 Å². The Morgan fingerprint density at radius 1 is 1.47 bits per heavy atom. The zero-order valence-corrected chi connectivity index (χ0v) is 9.05. The first-order valence-corrected chi connectivity index (χ1v) is 4.86. The summed E-state index contributed by atoms with van der Waals surface area (Å²) >= 11 is 0. The second-order valence-corrected chi connectivity index (χ2v) is 3.59. The van der Waals surface area contributed by atoms with Crippen molar-refractivity contribution < 1.29 is 19.4 Å². The Labute approximate surface area is 88.9 Å². The van der Waals surface area contributed by atoms with E-state index in [1.54, 1.807) is 19.1 Å². The molecule has 3 atom stereocenters. The zero-order chi connectivity index (χ0) is 11.4. The van der Waals surface area contributed by atoms with Gasteiger partial charge in [-0.3, -0.25) is 9.69 Å². The first kappa shape index (κ1) is 12.4. The Kier molecular flexibility index (Phi) is 4.46. The minimum absolute atomic E-state index is 0.0802. The van der Waals surface area contributed by atoms with Gasteiger partial charge >= 0.3 is 5.97 Å². The molecule has 88 valence electrons. The van der Waals surface area contributed by atoms with E-state index >= 15 is 0 Å². The van der Waals surface area contributed by atoms with E-state index in [4.69, 9.17) is 20.3 Å². The molecule has 0 bridgehead atoms. The van der Waals surface area contributed by atoms with Gasteiger partial charge in [-0.15, -0.1) is 0 Å². The van der Waals surface area contributed by atoms with Crippen molar-refractivity contribution >= 4 is 5.97 Å². The van der Waals surface area contributed by atoms with Crippen LogP contribution in [0.2, 0.25) is 0 Å². The predicted molar refractivity (Wildman–Crippen MR) is 53.6 cm³/mol. The van der Waals surface area contributed by atoms with Crippen molar-refractivity contribution in [2.24, 2.45) is 5.73 Å². The highest BCUT2D eigenvalue weighted by atomic mass is 16.5. The molecule has 0 radical (unpaired) electrons. The largest absolute Gasteiger partial charge is 0.480 e. The molecule has 0 amide bonds. The van der Waals surface area contributed by atoms with Crippen LogP contribution in [0.4, 0.5) is 0 Å². The van der Waals surface area contributed by atoms with Crippen LogP contribution in [0.1, 0.15) is 0 Å². The second-order valence-electron chi connectivity index (χ2n) is 3.59. The number of hydrogen-bond acceptors (Lipinski definition) is 5. The van der Waals surface area contributed by atoms with Crippen LogP contribution < -0.4 is 5.73 Å². The van der Waals surface area contributed by atoms with Gasteiger partial charge in [-0.25, -0.2) is 0 Å². The summed E-state index contributed by atoms with van der Waals surface area (Å²) in [6.07, 6.45) is -0.160. The average Bonchev–Trinajstić information content (AvgIpc) is 2.61.